The first kappa shape index (κ1) is 25.7. The molecule has 12 heteroatoms. The highest BCUT2D eigenvalue weighted by atomic mass is 16.6. The third kappa shape index (κ3) is 6.55. The Labute approximate surface area is 204 Å². The van der Waals surface area contributed by atoms with Crippen molar-refractivity contribution in [1.82, 2.24) is 35.2 Å². The topological polar surface area (TPSA) is 166 Å². The molecule has 3 aromatic heterocycles. The molecular weight excluding hydrogens is 450 g/mol. The van der Waals surface area contributed by atoms with Crippen LogP contribution in [-0.4, -0.2) is 61.8 Å². The SMILES string of the molecule is COc1nc(-c2nc(C(C)(C)C)[nH]c2-c2ccnc(NCC(C)NC(=O)OC(C)C)n2)cnc1N. The maximum absolute atomic E-state index is 11.8. The van der Waals surface area contributed by atoms with Crippen molar-refractivity contribution in [2.45, 2.75) is 59.1 Å². The van der Waals surface area contributed by atoms with Crippen LogP contribution in [0, 0.1) is 0 Å². The van der Waals surface area contributed by atoms with Crippen molar-refractivity contribution in [1.29, 1.82) is 0 Å². The number of amides is 1. The number of imidazole rings is 1. The molecular formula is C23H33N9O3. The Hall–Kier alpha value is -3.96. The van der Waals surface area contributed by atoms with Crippen LogP contribution in [-0.2, 0) is 10.2 Å². The van der Waals surface area contributed by atoms with Crippen LogP contribution >= 0.6 is 0 Å². The normalized spacial score (nSPS) is 12.3. The minimum absolute atomic E-state index is 0.192. The molecule has 0 radical (unpaired) electrons. The summed E-state index contributed by atoms with van der Waals surface area (Å²) in [5, 5.41) is 5.90. The lowest BCUT2D eigenvalue weighted by Crippen LogP contribution is -2.38. The van der Waals surface area contributed by atoms with Gasteiger partial charge in [0, 0.05) is 24.2 Å². The number of nitrogens with zero attached hydrogens (tertiary/aromatic N) is 5. The second-order valence-corrected chi connectivity index (χ2v) is 9.35. The lowest BCUT2D eigenvalue weighted by molar-refractivity contribution is 0.113. The standard InChI is InChI=1S/C23H33N9O3/c1-12(2)35-22(33)28-13(3)10-27-21-25-9-8-14(30-21)16-17(32-20(31-16)23(4,5)6)15-11-26-18(24)19(29-15)34-7/h8-9,11-13H,10H2,1-7H3,(H2,24,26)(H,28,33)(H,31,32)(H,25,27,30). The lowest BCUT2D eigenvalue weighted by atomic mass is 9.96. The number of nitrogens with two attached hydrogens (primary N) is 1. The average Bonchev–Trinajstić information content (AvgIpc) is 3.24. The van der Waals surface area contributed by atoms with E-state index in [0.717, 1.165) is 5.82 Å². The van der Waals surface area contributed by atoms with Gasteiger partial charge in [-0.3, -0.25) is 0 Å². The van der Waals surface area contributed by atoms with E-state index in [1.165, 1.54) is 7.11 Å². The van der Waals surface area contributed by atoms with E-state index in [-0.39, 0.29) is 29.3 Å². The largest absolute Gasteiger partial charge is 0.478 e. The van der Waals surface area contributed by atoms with Crippen LogP contribution < -0.4 is 21.1 Å². The van der Waals surface area contributed by atoms with Gasteiger partial charge in [-0.1, -0.05) is 20.8 Å². The van der Waals surface area contributed by atoms with E-state index in [9.17, 15) is 4.79 Å². The molecule has 5 N–H and O–H groups in total. The number of rotatable bonds is 8. The van der Waals surface area contributed by atoms with E-state index in [0.29, 0.717) is 35.3 Å². The number of carbonyl (C=O) groups is 1. The second-order valence-electron chi connectivity index (χ2n) is 9.35. The molecule has 0 aliphatic rings. The molecule has 0 aliphatic carbocycles. The molecule has 0 aliphatic heterocycles. The van der Waals surface area contributed by atoms with Crippen molar-refractivity contribution in [2.24, 2.45) is 0 Å². The molecule has 0 saturated carbocycles. The first-order valence-corrected chi connectivity index (χ1v) is 11.3. The van der Waals surface area contributed by atoms with Gasteiger partial charge in [0.05, 0.1) is 30.8 Å². The van der Waals surface area contributed by atoms with Gasteiger partial charge in [-0.15, -0.1) is 0 Å². The van der Waals surface area contributed by atoms with Crippen molar-refractivity contribution < 1.29 is 14.3 Å². The Morgan fingerprint density at radius 3 is 2.54 bits per heavy atom. The van der Waals surface area contributed by atoms with E-state index < -0.39 is 6.09 Å². The van der Waals surface area contributed by atoms with Crippen LogP contribution in [0.15, 0.2) is 18.5 Å². The minimum atomic E-state index is -0.471. The maximum atomic E-state index is 11.8. The van der Waals surface area contributed by atoms with Gasteiger partial charge < -0.3 is 30.8 Å². The molecule has 12 nitrogen and oxygen atoms in total. The molecule has 1 unspecified atom stereocenters. The van der Waals surface area contributed by atoms with Crippen LogP contribution in [0.2, 0.25) is 0 Å². The number of hydrogen-bond donors (Lipinski definition) is 4. The quantitative estimate of drug-likeness (QED) is 0.374. The zero-order valence-corrected chi connectivity index (χ0v) is 21.1. The predicted molar refractivity (Wildman–Crippen MR) is 133 cm³/mol. The van der Waals surface area contributed by atoms with Crippen LogP contribution in [0.4, 0.5) is 16.6 Å². The molecule has 35 heavy (non-hydrogen) atoms. The van der Waals surface area contributed by atoms with E-state index in [2.05, 4.69) is 56.3 Å². The van der Waals surface area contributed by atoms with E-state index in [1.807, 2.05) is 6.92 Å². The van der Waals surface area contributed by atoms with Gasteiger partial charge in [0.1, 0.15) is 17.2 Å². The number of ether oxygens (including phenoxy) is 2. The minimum Gasteiger partial charge on any atom is -0.478 e. The number of H-pyrrole nitrogens is 1. The number of nitrogen functional groups attached to an aromatic ring is 1. The van der Waals surface area contributed by atoms with Gasteiger partial charge in [0.15, 0.2) is 5.82 Å². The molecule has 3 aromatic rings. The van der Waals surface area contributed by atoms with E-state index in [1.54, 1.807) is 32.3 Å². The van der Waals surface area contributed by atoms with Gasteiger partial charge >= 0.3 is 6.09 Å². The Morgan fingerprint density at radius 2 is 1.89 bits per heavy atom. The number of hydrogen-bond acceptors (Lipinski definition) is 10. The number of aromatic amines is 1. The highest BCUT2D eigenvalue weighted by molar-refractivity contribution is 5.75. The maximum Gasteiger partial charge on any atom is 0.407 e. The fourth-order valence-corrected chi connectivity index (χ4v) is 3.07. The second kappa shape index (κ2) is 10.5. The van der Waals surface area contributed by atoms with Crippen molar-refractivity contribution in [3.05, 3.63) is 24.3 Å². The number of carbonyl (C=O) groups excluding carboxylic acids is 1. The van der Waals surface area contributed by atoms with E-state index in [4.69, 9.17) is 20.2 Å². The Morgan fingerprint density at radius 1 is 1.14 bits per heavy atom. The molecule has 3 heterocycles. The van der Waals surface area contributed by atoms with Crippen molar-refractivity contribution >= 4 is 17.9 Å². The average molecular weight is 484 g/mol. The molecule has 0 aromatic carbocycles. The summed E-state index contributed by atoms with van der Waals surface area (Å²) in [5.74, 6) is 1.57. The summed E-state index contributed by atoms with van der Waals surface area (Å²) in [6.07, 6.45) is 2.53. The molecule has 0 saturated heterocycles. The summed E-state index contributed by atoms with van der Waals surface area (Å²) in [5.41, 5.74) is 7.92. The molecule has 0 spiro atoms. The molecule has 1 atom stereocenters. The van der Waals surface area contributed by atoms with Crippen LogP contribution in [0.3, 0.4) is 0 Å². The van der Waals surface area contributed by atoms with Crippen LogP contribution in [0.5, 0.6) is 5.88 Å². The van der Waals surface area contributed by atoms with Gasteiger partial charge in [-0.25, -0.2) is 29.7 Å². The fraction of sp³-hybridized carbons (Fsp3) is 0.478. The molecule has 3 rings (SSSR count). The third-order valence-electron chi connectivity index (χ3n) is 4.80. The molecule has 0 bridgehead atoms. The Balaban J connectivity index is 1.89. The predicted octanol–water partition coefficient (Wildman–Crippen LogP) is 3.15. The van der Waals surface area contributed by atoms with E-state index >= 15 is 0 Å². The number of alkyl carbamates (subject to hydrolysis) is 1. The smallest absolute Gasteiger partial charge is 0.407 e. The van der Waals surface area contributed by atoms with Gasteiger partial charge in [0.25, 0.3) is 5.88 Å². The highest BCUT2D eigenvalue weighted by Crippen LogP contribution is 2.33. The number of methoxy groups -OCH3 is 1. The summed E-state index contributed by atoms with van der Waals surface area (Å²) < 4.78 is 10.3. The first-order chi connectivity index (χ1) is 16.5. The fourth-order valence-electron chi connectivity index (χ4n) is 3.07. The van der Waals surface area contributed by atoms with Crippen molar-refractivity contribution in [3.8, 4) is 28.7 Å². The van der Waals surface area contributed by atoms with Crippen molar-refractivity contribution in [3.63, 3.8) is 0 Å². The van der Waals surface area contributed by atoms with Crippen molar-refractivity contribution in [2.75, 3.05) is 24.7 Å². The van der Waals surface area contributed by atoms with Gasteiger partial charge in [-0.2, -0.15) is 0 Å². The zero-order valence-electron chi connectivity index (χ0n) is 21.1. The first-order valence-electron chi connectivity index (χ1n) is 11.3. The van der Waals surface area contributed by atoms with Crippen LogP contribution in [0.25, 0.3) is 22.8 Å². The monoisotopic (exact) mass is 483 g/mol. The number of aromatic nitrogens is 6. The zero-order chi connectivity index (χ0) is 25.8. The molecule has 0 fully saturated rings. The number of anilines is 2. The van der Waals surface area contributed by atoms with Crippen LogP contribution in [0.1, 0.15) is 47.4 Å². The summed E-state index contributed by atoms with van der Waals surface area (Å²) in [4.78, 5) is 37.6. The summed E-state index contributed by atoms with van der Waals surface area (Å²) in [6.45, 7) is 12.0. The Bertz CT molecular complexity index is 1170. The molecule has 1 amide bonds. The highest BCUT2D eigenvalue weighted by Gasteiger charge is 2.24. The number of nitrogens with one attached hydrogen (secondary N) is 3. The summed E-state index contributed by atoms with van der Waals surface area (Å²) in [6, 6.07) is 1.57. The molecule has 188 valence electrons. The lowest BCUT2D eigenvalue weighted by Gasteiger charge is -2.16. The van der Waals surface area contributed by atoms with Gasteiger partial charge in [0.2, 0.25) is 5.95 Å². The third-order valence-corrected chi connectivity index (χ3v) is 4.80. The summed E-state index contributed by atoms with van der Waals surface area (Å²) in [7, 11) is 1.48. The Kier molecular flexibility index (Phi) is 7.72. The van der Waals surface area contributed by atoms with Gasteiger partial charge in [-0.05, 0) is 26.8 Å². The summed E-state index contributed by atoms with van der Waals surface area (Å²) >= 11 is 0.